The summed E-state index contributed by atoms with van der Waals surface area (Å²) in [6.45, 7) is 1.89. The van der Waals surface area contributed by atoms with Crippen molar-refractivity contribution in [2.45, 2.75) is 31.6 Å². The second-order valence-corrected chi connectivity index (χ2v) is 4.71. The molecule has 0 heterocycles. The van der Waals surface area contributed by atoms with Gasteiger partial charge in [-0.25, -0.2) is 0 Å². The average Bonchev–Trinajstić information content (AvgIpc) is 2.28. The Balaban J connectivity index is 2.55. The first-order valence-corrected chi connectivity index (χ1v) is 6.02. The summed E-state index contributed by atoms with van der Waals surface area (Å²) in [4.78, 5) is 11.5. The smallest absolute Gasteiger partial charge is 0.314 e. The number of carboxylic acid groups (broad SMARTS) is 1. The number of rotatable bonds is 4. The van der Waals surface area contributed by atoms with Crippen LogP contribution in [0.25, 0.3) is 0 Å². The minimum atomic E-state index is -0.746. The number of carbonyl (C=O) groups is 1. The molecule has 4 heteroatoms. The molecule has 0 saturated heterocycles. The molecule has 2 rings (SSSR count). The lowest BCUT2D eigenvalue weighted by Crippen LogP contribution is -2.42. The summed E-state index contributed by atoms with van der Waals surface area (Å²) in [5.74, 6) is 0.519. The fourth-order valence-corrected chi connectivity index (χ4v) is 2.73. The molecule has 0 aromatic heterocycles. The Labute approximate surface area is 107 Å². The molecule has 0 radical (unpaired) electrons. The van der Waals surface area contributed by atoms with Crippen molar-refractivity contribution in [2.75, 3.05) is 14.2 Å². The summed E-state index contributed by atoms with van der Waals surface area (Å²) < 4.78 is 10.6. The lowest BCUT2D eigenvalue weighted by molar-refractivity contribution is -0.147. The van der Waals surface area contributed by atoms with Crippen LogP contribution in [0.1, 0.15) is 30.4 Å². The zero-order valence-electron chi connectivity index (χ0n) is 10.9. The number of benzene rings is 1. The van der Waals surface area contributed by atoms with Gasteiger partial charge in [0.1, 0.15) is 0 Å². The van der Waals surface area contributed by atoms with Gasteiger partial charge in [0.25, 0.3) is 0 Å². The van der Waals surface area contributed by atoms with Crippen LogP contribution < -0.4 is 9.47 Å². The Kier molecular flexibility index (Phi) is 3.20. The third kappa shape index (κ3) is 1.64. The molecule has 1 N–H and O–H groups in total. The zero-order valence-corrected chi connectivity index (χ0v) is 10.9. The zero-order chi connectivity index (χ0) is 13.3. The largest absolute Gasteiger partial charge is 0.493 e. The van der Waals surface area contributed by atoms with E-state index in [1.54, 1.807) is 20.3 Å². The van der Waals surface area contributed by atoms with Crippen LogP contribution in [0, 0.1) is 6.92 Å². The quantitative estimate of drug-likeness (QED) is 0.892. The Hall–Kier alpha value is -1.71. The van der Waals surface area contributed by atoms with Crippen LogP contribution in [0.5, 0.6) is 11.5 Å². The Morgan fingerprint density at radius 2 is 1.94 bits per heavy atom. The third-order valence-corrected chi connectivity index (χ3v) is 3.93. The van der Waals surface area contributed by atoms with Crippen molar-refractivity contribution in [3.05, 3.63) is 23.3 Å². The Bertz CT molecular complexity index is 475. The van der Waals surface area contributed by atoms with Gasteiger partial charge in [0.2, 0.25) is 0 Å². The number of aliphatic carboxylic acids is 1. The number of methoxy groups -OCH3 is 2. The summed E-state index contributed by atoms with van der Waals surface area (Å²) in [7, 11) is 3.15. The van der Waals surface area contributed by atoms with Crippen molar-refractivity contribution in [3.63, 3.8) is 0 Å². The van der Waals surface area contributed by atoms with Crippen LogP contribution in [0.15, 0.2) is 12.1 Å². The molecule has 0 bridgehead atoms. The second kappa shape index (κ2) is 4.52. The average molecular weight is 250 g/mol. The van der Waals surface area contributed by atoms with Crippen molar-refractivity contribution in [1.29, 1.82) is 0 Å². The molecular weight excluding hydrogens is 232 g/mol. The highest BCUT2D eigenvalue weighted by Gasteiger charge is 2.47. The predicted molar refractivity (Wildman–Crippen MR) is 67.4 cm³/mol. The number of ether oxygens (including phenoxy) is 2. The summed E-state index contributed by atoms with van der Waals surface area (Å²) in [6.07, 6.45) is 2.34. The normalized spacial score (nSPS) is 16.8. The molecule has 4 nitrogen and oxygen atoms in total. The van der Waals surface area contributed by atoms with Crippen LogP contribution in [0.3, 0.4) is 0 Å². The molecule has 18 heavy (non-hydrogen) atoms. The first kappa shape index (κ1) is 12.7. The van der Waals surface area contributed by atoms with Crippen molar-refractivity contribution >= 4 is 5.97 Å². The number of hydrogen-bond donors (Lipinski definition) is 1. The molecule has 0 atom stereocenters. The molecule has 1 fully saturated rings. The fourth-order valence-electron chi connectivity index (χ4n) is 2.73. The van der Waals surface area contributed by atoms with E-state index in [-0.39, 0.29) is 0 Å². The van der Waals surface area contributed by atoms with Crippen molar-refractivity contribution in [2.24, 2.45) is 0 Å². The van der Waals surface area contributed by atoms with E-state index in [2.05, 4.69) is 0 Å². The van der Waals surface area contributed by atoms with E-state index < -0.39 is 11.4 Å². The highest BCUT2D eigenvalue weighted by atomic mass is 16.5. The molecule has 0 amide bonds. The van der Waals surface area contributed by atoms with Crippen LogP contribution in [-0.2, 0) is 10.2 Å². The van der Waals surface area contributed by atoms with Gasteiger partial charge in [-0.3, -0.25) is 4.79 Å². The van der Waals surface area contributed by atoms with Gasteiger partial charge in [0, 0.05) is 0 Å². The molecular formula is C14H18O4. The fraction of sp³-hybridized carbons (Fsp3) is 0.500. The topological polar surface area (TPSA) is 55.8 Å². The van der Waals surface area contributed by atoms with E-state index in [0.29, 0.717) is 24.3 Å². The molecule has 98 valence electrons. The molecule has 1 aliphatic carbocycles. The van der Waals surface area contributed by atoms with Crippen LogP contribution >= 0.6 is 0 Å². The van der Waals surface area contributed by atoms with Gasteiger partial charge in [-0.05, 0) is 37.0 Å². The van der Waals surface area contributed by atoms with Gasteiger partial charge < -0.3 is 14.6 Å². The standard InChI is InChI=1S/C14H18O4/c1-9-10(14(13(15)16)7-4-8-14)5-6-11(17-2)12(9)18-3/h5-6H,4,7-8H2,1-3H3,(H,15,16). The van der Waals surface area contributed by atoms with E-state index >= 15 is 0 Å². The monoisotopic (exact) mass is 250 g/mol. The summed E-state index contributed by atoms with van der Waals surface area (Å²) in [6, 6.07) is 3.63. The van der Waals surface area contributed by atoms with Gasteiger partial charge in [0.05, 0.1) is 19.6 Å². The lowest BCUT2D eigenvalue weighted by atomic mass is 9.63. The van der Waals surface area contributed by atoms with Crippen molar-refractivity contribution in [3.8, 4) is 11.5 Å². The molecule has 0 spiro atoms. The number of carboxylic acids is 1. The second-order valence-electron chi connectivity index (χ2n) is 4.71. The predicted octanol–water partition coefficient (Wildman–Crippen LogP) is 2.52. The minimum Gasteiger partial charge on any atom is -0.493 e. The third-order valence-electron chi connectivity index (χ3n) is 3.93. The maximum Gasteiger partial charge on any atom is 0.314 e. The number of hydrogen-bond acceptors (Lipinski definition) is 3. The molecule has 0 aliphatic heterocycles. The van der Waals surface area contributed by atoms with Gasteiger partial charge in [0.15, 0.2) is 11.5 Å². The first-order chi connectivity index (χ1) is 8.56. The van der Waals surface area contributed by atoms with Crippen LogP contribution in [0.2, 0.25) is 0 Å². The molecule has 1 aliphatic rings. The molecule has 1 saturated carbocycles. The summed E-state index contributed by atoms with van der Waals surface area (Å²) >= 11 is 0. The van der Waals surface area contributed by atoms with E-state index in [0.717, 1.165) is 17.5 Å². The van der Waals surface area contributed by atoms with E-state index in [1.807, 2.05) is 13.0 Å². The maximum atomic E-state index is 11.5. The Morgan fingerprint density at radius 3 is 2.33 bits per heavy atom. The maximum absolute atomic E-state index is 11.5. The van der Waals surface area contributed by atoms with Gasteiger partial charge >= 0.3 is 5.97 Å². The molecule has 1 aromatic rings. The van der Waals surface area contributed by atoms with Gasteiger partial charge in [-0.1, -0.05) is 12.5 Å². The SMILES string of the molecule is COc1ccc(C2(C(=O)O)CCC2)c(C)c1OC. The minimum absolute atomic E-state index is 0.627. The molecule has 1 aromatic carbocycles. The summed E-state index contributed by atoms with van der Waals surface area (Å²) in [5.41, 5.74) is 0.974. The Morgan fingerprint density at radius 1 is 1.28 bits per heavy atom. The molecule has 0 unspecified atom stereocenters. The van der Waals surface area contributed by atoms with Crippen LogP contribution in [-0.4, -0.2) is 25.3 Å². The van der Waals surface area contributed by atoms with Gasteiger partial charge in [-0.15, -0.1) is 0 Å². The van der Waals surface area contributed by atoms with Crippen LogP contribution in [0.4, 0.5) is 0 Å². The highest BCUT2D eigenvalue weighted by Crippen LogP contribution is 2.48. The van der Waals surface area contributed by atoms with Gasteiger partial charge in [-0.2, -0.15) is 0 Å². The lowest BCUT2D eigenvalue weighted by Gasteiger charge is -2.39. The van der Waals surface area contributed by atoms with E-state index in [1.165, 1.54) is 0 Å². The first-order valence-electron chi connectivity index (χ1n) is 6.02. The van der Waals surface area contributed by atoms with E-state index in [4.69, 9.17) is 9.47 Å². The van der Waals surface area contributed by atoms with Crippen molar-refractivity contribution in [1.82, 2.24) is 0 Å². The summed E-state index contributed by atoms with van der Waals surface area (Å²) in [5, 5.41) is 9.48. The van der Waals surface area contributed by atoms with Crippen molar-refractivity contribution < 1.29 is 19.4 Å². The van der Waals surface area contributed by atoms with E-state index in [9.17, 15) is 9.90 Å². The highest BCUT2D eigenvalue weighted by molar-refractivity contribution is 5.83.